The van der Waals surface area contributed by atoms with E-state index in [1.165, 1.54) is 11.1 Å². The van der Waals surface area contributed by atoms with Crippen LogP contribution in [0.4, 0.5) is 0 Å². The molecule has 4 aromatic carbocycles. The van der Waals surface area contributed by atoms with Crippen molar-refractivity contribution in [1.29, 1.82) is 0 Å². The van der Waals surface area contributed by atoms with Crippen molar-refractivity contribution >= 4 is 20.8 Å². The molecule has 0 radical (unpaired) electrons. The molecular weight excluding hydrogens is 456 g/mol. The Morgan fingerprint density at radius 2 is 1.31 bits per heavy atom. The van der Waals surface area contributed by atoms with Crippen molar-refractivity contribution in [2.24, 2.45) is 0 Å². The van der Waals surface area contributed by atoms with E-state index in [1.54, 1.807) is 16.4 Å². The minimum Gasteiger partial charge on any atom is -0.494 e. The van der Waals surface area contributed by atoms with Crippen molar-refractivity contribution in [3.8, 4) is 5.75 Å². The molecule has 0 N–H and O–H groups in total. The Kier molecular flexibility index (Phi) is 6.86. The molecule has 4 aromatic rings. The molecule has 0 amide bonds. The van der Waals surface area contributed by atoms with Crippen molar-refractivity contribution in [1.82, 2.24) is 9.21 Å². The maximum Gasteiger partial charge on any atom is 0.243 e. The van der Waals surface area contributed by atoms with E-state index >= 15 is 0 Å². The largest absolute Gasteiger partial charge is 0.494 e. The minimum atomic E-state index is -3.58. The number of benzene rings is 4. The monoisotopic (exact) mass is 486 g/mol. The smallest absolute Gasteiger partial charge is 0.243 e. The Labute approximate surface area is 207 Å². The van der Waals surface area contributed by atoms with Crippen LogP contribution in [0.1, 0.15) is 24.1 Å². The summed E-state index contributed by atoms with van der Waals surface area (Å²) in [6, 6.07) is 32.0. The second-order valence-electron chi connectivity index (χ2n) is 8.77. The van der Waals surface area contributed by atoms with E-state index in [0.29, 0.717) is 37.7 Å². The highest BCUT2D eigenvalue weighted by atomic mass is 32.2. The van der Waals surface area contributed by atoms with E-state index < -0.39 is 10.0 Å². The molecule has 6 heteroatoms. The van der Waals surface area contributed by atoms with Gasteiger partial charge in [0.25, 0.3) is 0 Å². The number of hydrogen-bond acceptors (Lipinski definition) is 4. The molecular formula is C29H30N2O3S. The highest BCUT2D eigenvalue weighted by molar-refractivity contribution is 7.89. The third-order valence-electron chi connectivity index (χ3n) is 6.60. The number of piperazine rings is 1. The lowest BCUT2D eigenvalue weighted by Crippen LogP contribution is -2.49. The summed E-state index contributed by atoms with van der Waals surface area (Å²) in [5.41, 5.74) is 2.44. The van der Waals surface area contributed by atoms with Gasteiger partial charge in [-0.25, -0.2) is 8.42 Å². The van der Waals surface area contributed by atoms with Crippen LogP contribution in [0.2, 0.25) is 0 Å². The maximum absolute atomic E-state index is 13.5. The predicted molar refractivity (Wildman–Crippen MR) is 140 cm³/mol. The SMILES string of the molecule is CCOc1ccc2cc(S(=O)(=O)N3CCN(C(c4ccccc4)c4ccccc4)CC3)ccc2c1. The lowest BCUT2D eigenvalue weighted by atomic mass is 9.96. The summed E-state index contributed by atoms with van der Waals surface area (Å²) in [7, 11) is -3.58. The van der Waals surface area contributed by atoms with E-state index in [0.717, 1.165) is 16.5 Å². The lowest BCUT2D eigenvalue weighted by molar-refractivity contribution is 0.156. The van der Waals surface area contributed by atoms with Gasteiger partial charge in [-0.2, -0.15) is 4.31 Å². The molecule has 5 rings (SSSR count). The third kappa shape index (κ3) is 4.96. The number of sulfonamides is 1. The van der Waals surface area contributed by atoms with Gasteiger partial charge in [0.2, 0.25) is 10.0 Å². The van der Waals surface area contributed by atoms with Crippen LogP contribution in [0.5, 0.6) is 5.75 Å². The molecule has 0 bridgehead atoms. The highest BCUT2D eigenvalue weighted by Gasteiger charge is 2.32. The topological polar surface area (TPSA) is 49.9 Å². The van der Waals surface area contributed by atoms with Crippen molar-refractivity contribution in [3.63, 3.8) is 0 Å². The van der Waals surface area contributed by atoms with E-state index in [4.69, 9.17) is 4.74 Å². The van der Waals surface area contributed by atoms with Gasteiger partial charge in [0, 0.05) is 26.2 Å². The molecule has 0 aliphatic carbocycles. The van der Waals surface area contributed by atoms with Crippen molar-refractivity contribution in [2.45, 2.75) is 17.9 Å². The number of hydrogen-bond donors (Lipinski definition) is 0. The molecule has 1 fully saturated rings. The van der Waals surface area contributed by atoms with Crippen LogP contribution in [-0.4, -0.2) is 50.4 Å². The molecule has 1 heterocycles. The summed E-state index contributed by atoms with van der Waals surface area (Å²) in [5, 5.41) is 1.86. The Hall–Kier alpha value is -3.19. The van der Waals surface area contributed by atoms with Gasteiger partial charge >= 0.3 is 0 Å². The molecule has 35 heavy (non-hydrogen) atoms. The molecule has 0 spiro atoms. The van der Waals surface area contributed by atoms with Crippen LogP contribution in [0.3, 0.4) is 0 Å². The zero-order valence-electron chi connectivity index (χ0n) is 19.9. The summed E-state index contributed by atoms with van der Waals surface area (Å²) < 4.78 is 34.2. The fourth-order valence-corrected chi connectivity index (χ4v) is 6.31. The number of fused-ring (bicyclic) bond motifs is 1. The average Bonchev–Trinajstić information content (AvgIpc) is 2.90. The predicted octanol–water partition coefficient (Wildman–Crippen LogP) is 5.33. The first-order chi connectivity index (χ1) is 17.1. The standard InChI is InChI=1S/C29H30N2O3S/c1-2-34-27-15-13-26-22-28(16-14-25(26)21-27)35(32,33)31-19-17-30(18-20-31)29(23-9-5-3-6-10-23)24-11-7-4-8-12-24/h3-16,21-22,29H,2,17-20H2,1H3. The van der Waals surface area contributed by atoms with Gasteiger partial charge in [0.1, 0.15) is 5.75 Å². The first-order valence-corrected chi connectivity index (χ1v) is 13.5. The van der Waals surface area contributed by atoms with Gasteiger partial charge in [-0.3, -0.25) is 4.90 Å². The highest BCUT2D eigenvalue weighted by Crippen LogP contribution is 2.31. The molecule has 0 atom stereocenters. The first kappa shape index (κ1) is 23.5. The molecule has 0 unspecified atom stereocenters. The Bertz CT molecular complexity index is 1340. The lowest BCUT2D eigenvalue weighted by Gasteiger charge is -2.39. The molecule has 180 valence electrons. The summed E-state index contributed by atoms with van der Waals surface area (Å²) in [6.07, 6.45) is 0. The Morgan fingerprint density at radius 1 is 0.743 bits per heavy atom. The van der Waals surface area contributed by atoms with Crippen molar-refractivity contribution in [2.75, 3.05) is 32.8 Å². The summed E-state index contributed by atoms with van der Waals surface area (Å²) >= 11 is 0. The van der Waals surface area contributed by atoms with Gasteiger partial charge in [0.15, 0.2) is 0 Å². The van der Waals surface area contributed by atoms with Gasteiger partial charge in [-0.15, -0.1) is 0 Å². The normalized spacial score (nSPS) is 15.5. The molecule has 1 aliphatic rings. The van der Waals surface area contributed by atoms with E-state index in [-0.39, 0.29) is 6.04 Å². The fraction of sp³-hybridized carbons (Fsp3) is 0.241. The number of nitrogens with zero attached hydrogens (tertiary/aromatic N) is 2. The van der Waals surface area contributed by atoms with Crippen LogP contribution in [0.25, 0.3) is 10.8 Å². The van der Waals surface area contributed by atoms with Crippen LogP contribution in [0, 0.1) is 0 Å². The Morgan fingerprint density at radius 3 is 1.91 bits per heavy atom. The van der Waals surface area contributed by atoms with Crippen molar-refractivity contribution < 1.29 is 13.2 Å². The van der Waals surface area contributed by atoms with Gasteiger partial charge < -0.3 is 4.74 Å². The average molecular weight is 487 g/mol. The molecule has 5 nitrogen and oxygen atoms in total. The van der Waals surface area contributed by atoms with Crippen LogP contribution >= 0.6 is 0 Å². The van der Waals surface area contributed by atoms with E-state index in [1.807, 2.05) is 43.3 Å². The molecule has 1 aliphatic heterocycles. The summed E-state index contributed by atoms with van der Waals surface area (Å²) in [5.74, 6) is 0.790. The van der Waals surface area contributed by atoms with Gasteiger partial charge in [0.05, 0.1) is 17.5 Å². The Balaban J connectivity index is 1.35. The zero-order chi connectivity index (χ0) is 24.3. The van der Waals surface area contributed by atoms with E-state index in [9.17, 15) is 8.42 Å². The minimum absolute atomic E-state index is 0.0995. The van der Waals surface area contributed by atoms with Crippen molar-refractivity contribution in [3.05, 3.63) is 108 Å². The van der Waals surface area contributed by atoms with Gasteiger partial charge in [-0.1, -0.05) is 72.8 Å². The van der Waals surface area contributed by atoms with E-state index in [2.05, 4.69) is 53.4 Å². The van der Waals surface area contributed by atoms with Crippen LogP contribution < -0.4 is 4.74 Å². The molecule has 0 saturated carbocycles. The number of rotatable bonds is 7. The maximum atomic E-state index is 13.5. The fourth-order valence-electron chi connectivity index (χ4n) is 4.85. The van der Waals surface area contributed by atoms with Crippen LogP contribution in [0.15, 0.2) is 102 Å². The second kappa shape index (κ2) is 10.2. The molecule has 1 saturated heterocycles. The third-order valence-corrected chi connectivity index (χ3v) is 8.50. The van der Waals surface area contributed by atoms with Gasteiger partial charge in [-0.05, 0) is 53.1 Å². The summed E-state index contributed by atoms with van der Waals surface area (Å²) in [4.78, 5) is 2.72. The first-order valence-electron chi connectivity index (χ1n) is 12.1. The summed E-state index contributed by atoms with van der Waals surface area (Å²) in [6.45, 7) is 4.79. The quantitative estimate of drug-likeness (QED) is 0.354. The molecule has 0 aromatic heterocycles. The zero-order valence-corrected chi connectivity index (χ0v) is 20.7. The van der Waals surface area contributed by atoms with Crippen LogP contribution in [-0.2, 0) is 10.0 Å². The second-order valence-corrected chi connectivity index (χ2v) is 10.7. The number of ether oxygens (including phenoxy) is 1.